The molecule has 0 bridgehead atoms. The van der Waals surface area contributed by atoms with E-state index in [1.54, 1.807) is 78.9 Å². The van der Waals surface area contributed by atoms with Gasteiger partial charge in [0.15, 0.2) is 0 Å². The van der Waals surface area contributed by atoms with E-state index in [-0.39, 0.29) is 23.3 Å². The third kappa shape index (κ3) is 6.02. The third-order valence-corrected chi connectivity index (χ3v) is 7.17. The van der Waals surface area contributed by atoms with Crippen LogP contribution in [-0.2, 0) is 19.2 Å². The molecule has 4 amide bonds. The standard InChI is InChI=1S/C35H28N6O4/c1-22(42)36-26-17-13-24(14-18-26)32-30(34(44)40(38-32)28-9-5-3-6-10-28)21-31-33(25-15-19-27(20-16-25)37-23(2)43)39-41(35(31)45)29-11-7-4-8-12-29/h3-21,30H,1-2H3,(H,36,42)(H,37,43)/b31-21+. The third-order valence-electron chi connectivity index (χ3n) is 7.17. The van der Waals surface area contributed by atoms with E-state index in [9.17, 15) is 19.2 Å². The number of carbonyl (C=O) groups is 4. The van der Waals surface area contributed by atoms with Crippen molar-refractivity contribution in [2.24, 2.45) is 16.1 Å². The molecule has 0 fully saturated rings. The maximum Gasteiger partial charge on any atom is 0.280 e. The Balaban J connectivity index is 1.45. The Kier molecular flexibility index (Phi) is 7.85. The Morgan fingerprint density at radius 1 is 0.644 bits per heavy atom. The maximum absolute atomic E-state index is 14.0. The second-order valence-electron chi connectivity index (χ2n) is 10.4. The molecule has 4 aromatic carbocycles. The molecule has 0 radical (unpaired) electrons. The van der Waals surface area contributed by atoms with Gasteiger partial charge in [0, 0.05) is 30.8 Å². The van der Waals surface area contributed by atoms with Crippen LogP contribution in [0.2, 0.25) is 0 Å². The van der Waals surface area contributed by atoms with E-state index in [0.29, 0.717) is 45.3 Å². The summed E-state index contributed by atoms with van der Waals surface area (Å²) >= 11 is 0. The number of anilines is 4. The topological polar surface area (TPSA) is 124 Å². The Labute approximate surface area is 259 Å². The normalized spacial score (nSPS) is 16.9. The number of rotatable bonds is 7. The molecular weight excluding hydrogens is 568 g/mol. The summed E-state index contributed by atoms with van der Waals surface area (Å²) in [5, 5.41) is 17.6. The van der Waals surface area contributed by atoms with Crippen LogP contribution in [0.1, 0.15) is 25.0 Å². The van der Waals surface area contributed by atoms with E-state index in [0.717, 1.165) is 0 Å². The first kappa shape index (κ1) is 28.9. The number of nitrogens with one attached hydrogen (secondary N) is 2. The minimum absolute atomic E-state index is 0.200. The first-order chi connectivity index (χ1) is 21.8. The minimum atomic E-state index is -0.921. The summed E-state index contributed by atoms with van der Waals surface area (Å²) in [7, 11) is 0. The van der Waals surface area contributed by atoms with Gasteiger partial charge in [0.2, 0.25) is 11.8 Å². The van der Waals surface area contributed by atoms with Gasteiger partial charge >= 0.3 is 0 Å². The van der Waals surface area contributed by atoms with Crippen LogP contribution in [-0.4, -0.2) is 35.1 Å². The van der Waals surface area contributed by atoms with Gasteiger partial charge in [0.05, 0.1) is 22.7 Å². The van der Waals surface area contributed by atoms with E-state index in [1.807, 2.05) is 36.4 Å². The number of nitrogens with zero attached hydrogens (tertiary/aromatic N) is 4. The second kappa shape index (κ2) is 12.2. The number of hydrogen-bond donors (Lipinski definition) is 2. The summed E-state index contributed by atoms with van der Waals surface area (Å²) < 4.78 is 0. The fraction of sp³-hybridized carbons (Fsp3) is 0.0857. The van der Waals surface area contributed by atoms with E-state index >= 15 is 0 Å². The van der Waals surface area contributed by atoms with Crippen molar-refractivity contribution in [2.45, 2.75) is 13.8 Å². The Morgan fingerprint density at radius 2 is 1.13 bits per heavy atom. The molecule has 1 atom stereocenters. The number of para-hydroxylation sites is 2. The van der Waals surface area contributed by atoms with Crippen molar-refractivity contribution in [3.63, 3.8) is 0 Å². The van der Waals surface area contributed by atoms with Crippen LogP contribution >= 0.6 is 0 Å². The fourth-order valence-corrected chi connectivity index (χ4v) is 5.14. The van der Waals surface area contributed by atoms with Crippen LogP contribution in [0.15, 0.2) is 131 Å². The van der Waals surface area contributed by atoms with E-state index < -0.39 is 11.8 Å². The lowest BCUT2D eigenvalue weighted by atomic mass is 9.91. The van der Waals surface area contributed by atoms with Gasteiger partial charge in [-0.2, -0.15) is 20.2 Å². The zero-order valence-corrected chi connectivity index (χ0v) is 24.5. The molecule has 222 valence electrons. The van der Waals surface area contributed by atoms with Gasteiger partial charge in [-0.25, -0.2) is 0 Å². The average molecular weight is 597 g/mol. The Hall–Kier alpha value is -6.16. The molecular formula is C35H28N6O4. The van der Waals surface area contributed by atoms with Crippen LogP contribution in [0.5, 0.6) is 0 Å². The van der Waals surface area contributed by atoms with Crippen LogP contribution in [0.25, 0.3) is 0 Å². The summed E-state index contributed by atoms with van der Waals surface area (Å²) in [4.78, 5) is 51.2. The quantitative estimate of drug-likeness (QED) is 0.279. The molecule has 1 unspecified atom stereocenters. The maximum atomic E-state index is 14.0. The number of carbonyl (C=O) groups excluding carboxylic acids is 4. The Morgan fingerprint density at radius 3 is 1.64 bits per heavy atom. The van der Waals surface area contributed by atoms with Crippen molar-refractivity contribution in [1.29, 1.82) is 0 Å². The average Bonchev–Trinajstić information content (AvgIpc) is 3.54. The summed E-state index contributed by atoms with van der Waals surface area (Å²) in [5.74, 6) is -2.05. The minimum Gasteiger partial charge on any atom is -0.326 e. The number of hydrazone groups is 2. The molecule has 10 heteroatoms. The monoisotopic (exact) mass is 596 g/mol. The molecule has 0 aromatic heterocycles. The van der Waals surface area contributed by atoms with Gasteiger partial charge in [0.1, 0.15) is 11.6 Å². The fourth-order valence-electron chi connectivity index (χ4n) is 5.14. The predicted molar refractivity (Wildman–Crippen MR) is 174 cm³/mol. The molecule has 4 aromatic rings. The molecule has 0 aliphatic carbocycles. The molecule has 10 nitrogen and oxygen atoms in total. The molecule has 0 saturated heterocycles. The lowest BCUT2D eigenvalue weighted by Gasteiger charge is -2.14. The van der Waals surface area contributed by atoms with Crippen molar-refractivity contribution < 1.29 is 19.2 Å². The van der Waals surface area contributed by atoms with Crippen LogP contribution < -0.4 is 20.7 Å². The zero-order chi connectivity index (χ0) is 31.5. The van der Waals surface area contributed by atoms with Crippen LogP contribution in [0.4, 0.5) is 22.7 Å². The number of hydrogen-bond acceptors (Lipinski definition) is 6. The number of benzene rings is 4. The van der Waals surface area contributed by atoms with Crippen LogP contribution in [0.3, 0.4) is 0 Å². The molecule has 0 saturated carbocycles. The van der Waals surface area contributed by atoms with Crippen molar-refractivity contribution >= 4 is 57.8 Å². The van der Waals surface area contributed by atoms with Crippen molar-refractivity contribution in [3.05, 3.63) is 132 Å². The van der Waals surface area contributed by atoms with Crippen molar-refractivity contribution in [1.82, 2.24) is 0 Å². The summed E-state index contributed by atoms with van der Waals surface area (Å²) in [6, 6.07) is 32.1. The molecule has 45 heavy (non-hydrogen) atoms. The van der Waals surface area contributed by atoms with Gasteiger partial charge in [-0.1, -0.05) is 66.7 Å². The second-order valence-corrected chi connectivity index (χ2v) is 10.4. The molecule has 2 aliphatic rings. The highest BCUT2D eigenvalue weighted by molar-refractivity contribution is 6.36. The highest BCUT2D eigenvalue weighted by atomic mass is 16.2. The van der Waals surface area contributed by atoms with Gasteiger partial charge in [0.25, 0.3) is 11.8 Å². The van der Waals surface area contributed by atoms with Gasteiger partial charge < -0.3 is 10.6 Å². The smallest absolute Gasteiger partial charge is 0.280 e. The van der Waals surface area contributed by atoms with Gasteiger partial charge in [-0.05, 0) is 54.1 Å². The highest BCUT2D eigenvalue weighted by Gasteiger charge is 2.40. The predicted octanol–water partition coefficient (Wildman–Crippen LogP) is 5.35. The lowest BCUT2D eigenvalue weighted by molar-refractivity contribution is -0.119. The highest BCUT2D eigenvalue weighted by Crippen LogP contribution is 2.32. The summed E-state index contributed by atoms with van der Waals surface area (Å²) in [6.45, 7) is 2.85. The molecule has 0 spiro atoms. The van der Waals surface area contributed by atoms with E-state index in [2.05, 4.69) is 10.6 Å². The molecule has 2 aliphatic heterocycles. The Bertz CT molecular complexity index is 1880. The zero-order valence-electron chi connectivity index (χ0n) is 24.5. The van der Waals surface area contributed by atoms with E-state index in [4.69, 9.17) is 10.2 Å². The first-order valence-electron chi connectivity index (χ1n) is 14.2. The SMILES string of the molecule is CC(=O)Nc1ccc(C2=NN(c3ccccc3)C(=O)/C2=C/C2C(=O)N(c3ccccc3)N=C2c2ccc(NC(C)=O)cc2)cc1. The van der Waals surface area contributed by atoms with Crippen LogP contribution in [0, 0.1) is 5.92 Å². The van der Waals surface area contributed by atoms with Gasteiger partial charge in [-0.15, -0.1) is 0 Å². The number of amides is 4. The van der Waals surface area contributed by atoms with E-state index in [1.165, 1.54) is 23.9 Å². The molecule has 2 heterocycles. The lowest BCUT2D eigenvalue weighted by Crippen LogP contribution is -2.28. The largest absolute Gasteiger partial charge is 0.326 e. The first-order valence-corrected chi connectivity index (χ1v) is 14.2. The van der Waals surface area contributed by atoms with Gasteiger partial charge in [-0.3, -0.25) is 19.2 Å². The molecule has 6 rings (SSSR count). The summed E-state index contributed by atoms with van der Waals surface area (Å²) in [5.41, 5.74) is 4.71. The van der Waals surface area contributed by atoms with Crippen molar-refractivity contribution in [3.8, 4) is 0 Å². The molecule has 2 N–H and O–H groups in total. The van der Waals surface area contributed by atoms with Crippen molar-refractivity contribution in [2.75, 3.05) is 20.7 Å². The summed E-state index contributed by atoms with van der Waals surface area (Å²) in [6.07, 6.45) is 1.62.